The number of rotatable bonds is 5. The summed E-state index contributed by atoms with van der Waals surface area (Å²) in [5.74, 6) is 1.90. The number of hydrogen-bond acceptors (Lipinski definition) is 5. The van der Waals surface area contributed by atoms with Crippen LogP contribution in [0.15, 0.2) is 173 Å². The van der Waals surface area contributed by atoms with E-state index in [9.17, 15) is 0 Å². The second-order valence-electron chi connectivity index (χ2n) is 12.5. The summed E-state index contributed by atoms with van der Waals surface area (Å²) in [4.78, 5) is 14.7. The van der Waals surface area contributed by atoms with Gasteiger partial charge in [0.25, 0.3) is 0 Å². The molecule has 0 aliphatic rings. The van der Waals surface area contributed by atoms with Crippen LogP contribution in [0.1, 0.15) is 0 Å². The van der Waals surface area contributed by atoms with Gasteiger partial charge < -0.3 is 8.83 Å². The first-order valence-corrected chi connectivity index (χ1v) is 16.6. The standard InChI is InChI=1S/C45H27N3O2/c1-3-10-28(11-4-1)43-46-44(29-12-5-2-6-13-29)48-45(47-43)34-15-9-14-30(24-34)33-18-21-36-38-26-32(20-23-41(38)50-42(36)27-33)31-19-22-40-37(25-31)35-16-7-8-17-39(35)49-40/h1-27H. The molecule has 5 nitrogen and oxygen atoms in total. The highest BCUT2D eigenvalue weighted by molar-refractivity contribution is 6.09. The van der Waals surface area contributed by atoms with Gasteiger partial charge in [-0.15, -0.1) is 0 Å². The molecule has 0 N–H and O–H groups in total. The Morgan fingerprint density at radius 2 is 0.700 bits per heavy atom. The van der Waals surface area contributed by atoms with Gasteiger partial charge in [0.2, 0.25) is 0 Å². The summed E-state index contributed by atoms with van der Waals surface area (Å²) >= 11 is 0. The van der Waals surface area contributed by atoms with Gasteiger partial charge in [0.1, 0.15) is 22.3 Å². The molecule has 10 aromatic rings. The molecule has 0 aliphatic carbocycles. The molecule has 0 radical (unpaired) electrons. The Morgan fingerprint density at radius 1 is 0.260 bits per heavy atom. The monoisotopic (exact) mass is 641 g/mol. The first-order valence-electron chi connectivity index (χ1n) is 16.6. The Morgan fingerprint density at radius 3 is 1.36 bits per heavy atom. The summed E-state index contributed by atoms with van der Waals surface area (Å²) in [6.45, 7) is 0. The fourth-order valence-corrected chi connectivity index (χ4v) is 6.82. The lowest BCUT2D eigenvalue weighted by Crippen LogP contribution is -2.00. The SMILES string of the molecule is c1ccc(-c2nc(-c3ccccc3)nc(-c3cccc(-c4ccc5c(c4)oc4ccc(-c6ccc7oc8ccccc8c7c6)cc45)c3)n2)cc1. The summed E-state index contributed by atoms with van der Waals surface area (Å²) in [6, 6.07) is 55.8. The Balaban J connectivity index is 1.03. The third-order valence-electron chi connectivity index (χ3n) is 9.33. The molecule has 10 rings (SSSR count). The van der Waals surface area contributed by atoms with Crippen LogP contribution in [0.25, 0.3) is 100 Å². The van der Waals surface area contributed by atoms with E-state index in [1.807, 2.05) is 84.9 Å². The lowest BCUT2D eigenvalue weighted by atomic mass is 9.99. The maximum Gasteiger partial charge on any atom is 0.164 e. The minimum Gasteiger partial charge on any atom is -0.456 e. The van der Waals surface area contributed by atoms with Crippen molar-refractivity contribution >= 4 is 43.9 Å². The van der Waals surface area contributed by atoms with Crippen LogP contribution >= 0.6 is 0 Å². The highest BCUT2D eigenvalue weighted by Gasteiger charge is 2.15. The number of benzene rings is 7. The van der Waals surface area contributed by atoms with Crippen LogP contribution in [0.3, 0.4) is 0 Å². The predicted molar refractivity (Wildman–Crippen MR) is 202 cm³/mol. The second kappa shape index (κ2) is 11.4. The first kappa shape index (κ1) is 28.2. The topological polar surface area (TPSA) is 65.0 Å². The highest BCUT2D eigenvalue weighted by atomic mass is 16.3. The fraction of sp³-hybridized carbons (Fsp3) is 0. The van der Waals surface area contributed by atoms with E-state index in [-0.39, 0.29) is 0 Å². The van der Waals surface area contributed by atoms with Crippen molar-refractivity contribution in [3.63, 3.8) is 0 Å². The molecule has 0 saturated carbocycles. The maximum atomic E-state index is 6.42. The van der Waals surface area contributed by atoms with Crippen molar-refractivity contribution in [3.8, 4) is 56.4 Å². The highest BCUT2D eigenvalue weighted by Crippen LogP contribution is 2.37. The van der Waals surface area contributed by atoms with Crippen LogP contribution < -0.4 is 0 Å². The predicted octanol–water partition coefficient (Wildman–Crippen LogP) is 12.0. The molecule has 0 aliphatic heterocycles. The van der Waals surface area contributed by atoms with Crippen LogP contribution in [0.5, 0.6) is 0 Å². The molecule has 0 fully saturated rings. The number of para-hydroxylation sites is 1. The normalized spacial score (nSPS) is 11.6. The van der Waals surface area contributed by atoms with E-state index in [2.05, 4.69) is 78.9 Å². The van der Waals surface area contributed by atoms with E-state index < -0.39 is 0 Å². The summed E-state index contributed by atoms with van der Waals surface area (Å²) in [5.41, 5.74) is 10.7. The van der Waals surface area contributed by atoms with Gasteiger partial charge in [0.05, 0.1) is 0 Å². The van der Waals surface area contributed by atoms with Crippen molar-refractivity contribution in [2.45, 2.75) is 0 Å². The average molecular weight is 642 g/mol. The molecule has 0 atom stereocenters. The third-order valence-corrected chi connectivity index (χ3v) is 9.33. The summed E-state index contributed by atoms with van der Waals surface area (Å²) in [7, 11) is 0. The van der Waals surface area contributed by atoms with E-state index >= 15 is 0 Å². The van der Waals surface area contributed by atoms with Gasteiger partial charge in [-0.1, -0.05) is 115 Å². The zero-order valence-electron chi connectivity index (χ0n) is 26.7. The van der Waals surface area contributed by atoms with Crippen molar-refractivity contribution in [2.75, 3.05) is 0 Å². The molecular weight excluding hydrogens is 615 g/mol. The van der Waals surface area contributed by atoms with Crippen LogP contribution in [0, 0.1) is 0 Å². The molecule has 0 saturated heterocycles. The van der Waals surface area contributed by atoms with E-state index in [0.29, 0.717) is 17.5 Å². The van der Waals surface area contributed by atoms with Crippen LogP contribution in [-0.4, -0.2) is 15.0 Å². The van der Waals surface area contributed by atoms with Gasteiger partial charge in [-0.25, -0.2) is 15.0 Å². The molecule has 0 bridgehead atoms. The van der Waals surface area contributed by atoms with E-state index in [1.165, 1.54) is 0 Å². The van der Waals surface area contributed by atoms with Crippen molar-refractivity contribution in [3.05, 3.63) is 164 Å². The largest absolute Gasteiger partial charge is 0.456 e. The fourth-order valence-electron chi connectivity index (χ4n) is 6.82. The molecule has 0 spiro atoms. The quantitative estimate of drug-likeness (QED) is 0.187. The Kier molecular flexibility index (Phi) is 6.42. The van der Waals surface area contributed by atoms with Gasteiger partial charge >= 0.3 is 0 Å². The third kappa shape index (κ3) is 4.83. The molecule has 5 heteroatoms. The van der Waals surface area contributed by atoms with Crippen molar-refractivity contribution in [2.24, 2.45) is 0 Å². The number of nitrogens with zero attached hydrogens (tertiary/aromatic N) is 3. The molecular formula is C45H27N3O2. The summed E-state index contributed by atoms with van der Waals surface area (Å²) < 4.78 is 12.5. The number of aromatic nitrogens is 3. The smallest absolute Gasteiger partial charge is 0.164 e. The molecule has 0 amide bonds. The van der Waals surface area contributed by atoms with Crippen molar-refractivity contribution in [1.29, 1.82) is 0 Å². The molecule has 50 heavy (non-hydrogen) atoms. The van der Waals surface area contributed by atoms with Gasteiger partial charge in [-0.05, 0) is 70.8 Å². The summed E-state index contributed by atoms with van der Waals surface area (Å²) in [5, 5.41) is 4.41. The maximum absolute atomic E-state index is 6.42. The zero-order valence-corrected chi connectivity index (χ0v) is 26.7. The van der Waals surface area contributed by atoms with E-state index in [0.717, 1.165) is 82.8 Å². The molecule has 0 unspecified atom stereocenters. The molecule has 7 aromatic carbocycles. The number of fused-ring (bicyclic) bond motifs is 6. The average Bonchev–Trinajstić information content (AvgIpc) is 3.75. The first-order chi connectivity index (χ1) is 24.7. The van der Waals surface area contributed by atoms with Crippen LogP contribution in [0.4, 0.5) is 0 Å². The molecule has 3 aromatic heterocycles. The van der Waals surface area contributed by atoms with Crippen molar-refractivity contribution in [1.82, 2.24) is 15.0 Å². The second-order valence-corrected chi connectivity index (χ2v) is 12.5. The zero-order chi connectivity index (χ0) is 33.0. The van der Waals surface area contributed by atoms with Crippen LogP contribution in [-0.2, 0) is 0 Å². The van der Waals surface area contributed by atoms with E-state index in [1.54, 1.807) is 0 Å². The Bertz CT molecular complexity index is 2810. The molecule has 3 heterocycles. The van der Waals surface area contributed by atoms with E-state index in [4.69, 9.17) is 23.8 Å². The lowest BCUT2D eigenvalue weighted by molar-refractivity contribution is 0.668. The van der Waals surface area contributed by atoms with Gasteiger partial charge in [-0.3, -0.25) is 0 Å². The molecule has 234 valence electrons. The minimum atomic E-state index is 0.624. The lowest BCUT2D eigenvalue weighted by Gasteiger charge is -2.09. The van der Waals surface area contributed by atoms with Gasteiger partial charge in [0.15, 0.2) is 17.5 Å². The Hall–Kier alpha value is -6.85. The van der Waals surface area contributed by atoms with Crippen LogP contribution in [0.2, 0.25) is 0 Å². The van der Waals surface area contributed by atoms with Gasteiger partial charge in [-0.2, -0.15) is 0 Å². The van der Waals surface area contributed by atoms with Crippen molar-refractivity contribution < 1.29 is 8.83 Å². The number of furan rings is 2. The van der Waals surface area contributed by atoms with Gasteiger partial charge in [0, 0.05) is 38.2 Å². The Labute approximate surface area is 287 Å². The minimum absolute atomic E-state index is 0.624. The number of hydrogen-bond donors (Lipinski definition) is 0. The summed E-state index contributed by atoms with van der Waals surface area (Å²) in [6.07, 6.45) is 0.